The van der Waals surface area contributed by atoms with Gasteiger partial charge < -0.3 is 15.5 Å². The summed E-state index contributed by atoms with van der Waals surface area (Å²) in [4.78, 5) is 0. The van der Waals surface area contributed by atoms with Gasteiger partial charge in [0.2, 0.25) is 0 Å². The van der Waals surface area contributed by atoms with Crippen LogP contribution in [-0.4, -0.2) is 22.4 Å². The molecule has 1 heterocycles. The number of nitrogens with one attached hydrogen (secondary N) is 1. The van der Waals surface area contributed by atoms with Crippen molar-refractivity contribution in [2.45, 2.75) is 43.7 Å². The lowest BCUT2D eigenvalue weighted by molar-refractivity contribution is -0.0863. The Kier molecular flexibility index (Phi) is 3.58. The Morgan fingerprint density at radius 2 is 2.11 bits per heavy atom. The largest absolute Gasteiger partial charge is 0.508 e. The van der Waals surface area contributed by atoms with E-state index in [1.807, 2.05) is 12.1 Å². The number of aromatic hydroxyl groups is 1. The highest BCUT2D eigenvalue weighted by atomic mass is 79.9. The Hall–Kier alpha value is -0.580. The molecule has 1 aromatic carbocycles. The number of aliphatic hydroxyl groups is 1. The van der Waals surface area contributed by atoms with Gasteiger partial charge in [-0.1, -0.05) is 28.8 Å². The molecule has 19 heavy (non-hydrogen) atoms. The van der Waals surface area contributed by atoms with Crippen molar-refractivity contribution in [2.24, 2.45) is 5.92 Å². The number of phenols is 1. The van der Waals surface area contributed by atoms with Gasteiger partial charge >= 0.3 is 0 Å². The van der Waals surface area contributed by atoms with Crippen LogP contribution in [0.1, 0.15) is 43.7 Å². The molecule has 4 heteroatoms. The van der Waals surface area contributed by atoms with Crippen LogP contribution in [0, 0.1) is 5.92 Å². The Labute approximate surface area is 122 Å². The third-order valence-electron chi connectivity index (χ3n) is 4.71. The van der Waals surface area contributed by atoms with Crippen molar-refractivity contribution in [1.29, 1.82) is 0 Å². The molecular formula is C15H20BrNO2. The molecule has 0 unspecified atom stereocenters. The van der Waals surface area contributed by atoms with Gasteiger partial charge in [0.15, 0.2) is 0 Å². The van der Waals surface area contributed by atoms with Gasteiger partial charge in [-0.3, -0.25) is 0 Å². The lowest BCUT2D eigenvalue weighted by Crippen LogP contribution is -2.53. The SMILES string of the molecule is Oc1ccc(Br)cc1[C@H]1NCC[C@@]2(O)CCCC[C@H]12. The van der Waals surface area contributed by atoms with Gasteiger partial charge in [-0.2, -0.15) is 0 Å². The Morgan fingerprint density at radius 1 is 1.26 bits per heavy atom. The van der Waals surface area contributed by atoms with Crippen molar-refractivity contribution in [3.8, 4) is 5.75 Å². The van der Waals surface area contributed by atoms with Crippen LogP contribution < -0.4 is 5.32 Å². The molecule has 2 aliphatic rings. The summed E-state index contributed by atoms with van der Waals surface area (Å²) in [5.74, 6) is 0.519. The summed E-state index contributed by atoms with van der Waals surface area (Å²) in [5.41, 5.74) is 0.350. The first-order valence-electron chi connectivity index (χ1n) is 7.04. The van der Waals surface area contributed by atoms with Crippen molar-refractivity contribution in [1.82, 2.24) is 5.32 Å². The molecule has 0 aromatic heterocycles. The number of hydrogen-bond acceptors (Lipinski definition) is 3. The number of piperidine rings is 1. The summed E-state index contributed by atoms with van der Waals surface area (Å²) in [6.07, 6.45) is 5.03. The molecule has 1 saturated carbocycles. The molecule has 1 aliphatic carbocycles. The van der Waals surface area contributed by atoms with Gasteiger partial charge in [-0.05, 0) is 44.0 Å². The monoisotopic (exact) mass is 325 g/mol. The molecule has 0 spiro atoms. The third-order valence-corrected chi connectivity index (χ3v) is 5.21. The molecule has 0 radical (unpaired) electrons. The van der Waals surface area contributed by atoms with Crippen LogP contribution in [0.2, 0.25) is 0 Å². The number of rotatable bonds is 1. The van der Waals surface area contributed by atoms with Gasteiger partial charge in [0, 0.05) is 22.0 Å². The highest BCUT2D eigenvalue weighted by molar-refractivity contribution is 9.10. The van der Waals surface area contributed by atoms with E-state index in [0.717, 1.165) is 42.3 Å². The van der Waals surface area contributed by atoms with E-state index in [1.165, 1.54) is 6.42 Å². The standard InChI is InChI=1S/C15H20BrNO2/c16-10-4-5-13(18)11(9-10)14-12-3-1-2-6-15(12,19)7-8-17-14/h4-5,9,12,14,17-19H,1-3,6-8H2/t12-,14-,15+/m1/s1. The molecular weight excluding hydrogens is 306 g/mol. The van der Waals surface area contributed by atoms with E-state index in [0.29, 0.717) is 5.75 Å². The number of benzene rings is 1. The Balaban J connectivity index is 1.96. The average molecular weight is 326 g/mol. The maximum atomic E-state index is 10.8. The minimum absolute atomic E-state index is 0.0524. The topological polar surface area (TPSA) is 52.5 Å². The maximum Gasteiger partial charge on any atom is 0.120 e. The summed E-state index contributed by atoms with van der Waals surface area (Å²) in [6, 6.07) is 5.58. The molecule has 3 atom stereocenters. The minimum Gasteiger partial charge on any atom is -0.508 e. The van der Waals surface area contributed by atoms with Gasteiger partial charge in [0.05, 0.1) is 5.60 Å². The molecule has 1 saturated heterocycles. The van der Waals surface area contributed by atoms with E-state index >= 15 is 0 Å². The Bertz CT molecular complexity index is 475. The predicted molar refractivity (Wildman–Crippen MR) is 78.1 cm³/mol. The fraction of sp³-hybridized carbons (Fsp3) is 0.600. The van der Waals surface area contributed by atoms with Gasteiger partial charge in [-0.25, -0.2) is 0 Å². The van der Waals surface area contributed by atoms with Crippen LogP contribution in [0.25, 0.3) is 0 Å². The van der Waals surface area contributed by atoms with E-state index < -0.39 is 5.60 Å². The van der Waals surface area contributed by atoms with Crippen LogP contribution in [0.15, 0.2) is 22.7 Å². The zero-order chi connectivity index (χ0) is 13.5. The molecule has 3 N–H and O–H groups in total. The van der Waals surface area contributed by atoms with Crippen LogP contribution in [0.3, 0.4) is 0 Å². The second-order valence-electron chi connectivity index (χ2n) is 5.84. The van der Waals surface area contributed by atoms with Crippen molar-refractivity contribution in [2.75, 3.05) is 6.54 Å². The molecule has 3 nitrogen and oxygen atoms in total. The van der Waals surface area contributed by atoms with Gasteiger partial charge in [-0.15, -0.1) is 0 Å². The second-order valence-corrected chi connectivity index (χ2v) is 6.76. The molecule has 3 rings (SSSR count). The zero-order valence-electron chi connectivity index (χ0n) is 10.9. The summed E-state index contributed by atoms with van der Waals surface area (Å²) in [6.45, 7) is 0.809. The molecule has 104 valence electrons. The smallest absolute Gasteiger partial charge is 0.120 e. The van der Waals surface area contributed by atoms with E-state index in [9.17, 15) is 10.2 Å². The van der Waals surface area contributed by atoms with Crippen LogP contribution in [-0.2, 0) is 0 Å². The summed E-state index contributed by atoms with van der Waals surface area (Å²) >= 11 is 3.46. The van der Waals surface area contributed by atoms with Crippen LogP contribution in [0.4, 0.5) is 0 Å². The first-order chi connectivity index (χ1) is 9.10. The molecule has 1 aliphatic heterocycles. The predicted octanol–water partition coefficient (Wildman–Crippen LogP) is 3.11. The fourth-order valence-corrected chi connectivity index (χ4v) is 4.10. The van der Waals surface area contributed by atoms with Crippen molar-refractivity contribution >= 4 is 15.9 Å². The van der Waals surface area contributed by atoms with Crippen molar-refractivity contribution < 1.29 is 10.2 Å². The number of phenolic OH excluding ortho intramolecular Hbond substituents is 1. The highest BCUT2D eigenvalue weighted by Gasteiger charge is 2.46. The minimum atomic E-state index is -0.553. The fourth-order valence-electron chi connectivity index (χ4n) is 3.72. The molecule has 1 aromatic rings. The maximum absolute atomic E-state index is 10.8. The lowest BCUT2D eigenvalue weighted by atomic mass is 9.66. The van der Waals surface area contributed by atoms with E-state index in [1.54, 1.807) is 6.07 Å². The highest BCUT2D eigenvalue weighted by Crippen LogP contribution is 2.47. The number of hydrogen-bond donors (Lipinski definition) is 3. The summed E-state index contributed by atoms with van der Waals surface area (Å²) < 4.78 is 0.965. The van der Waals surface area contributed by atoms with Crippen molar-refractivity contribution in [3.63, 3.8) is 0 Å². The van der Waals surface area contributed by atoms with Crippen LogP contribution in [0.5, 0.6) is 5.75 Å². The van der Waals surface area contributed by atoms with Crippen LogP contribution >= 0.6 is 15.9 Å². The Morgan fingerprint density at radius 3 is 2.95 bits per heavy atom. The lowest BCUT2D eigenvalue weighted by Gasteiger charge is -2.48. The van der Waals surface area contributed by atoms with Crippen molar-refractivity contribution in [3.05, 3.63) is 28.2 Å². The molecule has 0 amide bonds. The third kappa shape index (κ3) is 2.41. The van der Waals surface area contributed by atoms with E-state index in [-0.39, 0.29) is 12.0 Å². The number of fused-ring (bicyclic) bond motifs is 1. The summed E-state index contributed by atoms with van der Waals surface area (Å²) in [5, 5.41) is 24.5. The zero-order valence-corrected chi connectivity index (χ0v) is 12.5. The normalized spacial score (nSPS) is 34.8. The van der Waals surface area contributed by atoms with E-state index in [2.05, 4.69) is 21.2 Å². The number of halogens is 1. The van der Waals surface area contributed by atoms with E-state index in [4.69, 9.17) is 0 Å². The van der Waals surface area contributed by atoms with Gasteiger partial charge in [0.25, 0.3) is 0 Å². The first kappa shape index (κ1) is 13.4. The molecule has 0 bridgehead atoms. The first-order valence-corrected chi connectivity index (χ1v) is 7.84. The molecule has 2 fully saturated rings. The van der Waals surface area contributed by atoms with Gasteiger partial charge in [0.1, 0.15) is 5.75 Å². The second kappa shape index (κ2) is 5.08. The average Bonchev–Trinajstić information content (AvgIpc) is 2.40. The summed E-state index contributed by atoms with van der Waals surface area (Å²) in [7, 11) is 0. The quantitative estimate of drug-likeness (QED) is 0.743.